The predicted octanol–water partition coefficient (Wildman–Crippen LogP) is 2.42. The molecular weight excluding hydrogens is 231 g/mol. The number of hydrogen-bond acceptors (Lipinski definition) is 2. The van der Waals surface area contributed by atoms with Crippen LogP contribution >= 0.6 is 23.2 Å². The largest absolute Gasteiger partial charge is 0.326 e. The van der Waals surface area contributed by atoms with E-state index in [2.05, 4.69) is 4.90 Å². The Labute approximate surface area is 101 Å². The fraction of sp³-hybridized carbons (Fsp3) is 0.455. The molecule has 15 heavy (non-hydrogen) atoms. The number of nitrogens with two attached hydrogens (primary N) is 1. The lowest BCUT2D eigenvalue weighted by Crippen LogP contribution is -2.35. The molecule has 2 N–H and O–H groups in total. The van der Waals surface area contributed by atoms with Gasteiger partial charge in [-0.25, -0.2) is 0 Å². The first-order valence-corrected chi connectivity index (χ1v) is 5.59. The summed E-state index contributed by atoms with van der Waals surface area (Å²) in [6.45, 7) is 0.821. The summed E-state index contributed by atoms with van der Waals surface area (Å²) in [6.07, 6.45) is 0.705. The van der Waals surface area contributed by atoms with Crippen LogP contribution in [-0.4, -0.2) is 31.6 Å². The minimum atomic E-state index is 0.0531. The minimum Gasteiger partial charge on any atom is -0.326 e. The Morgan fingerprint density at radius 3 is 2.27 bits per heavy atom. The van der Waals surface area contributed by atoms with Crippen LogP contribution in [0.1, 0.15) is 5.56 Å². The van der Waals surface area contributed by atoms with Crippen LogP contribution in [0.25, 0.3) is 0 Å². The van der Waals surface area contributed by atoms with Gasteiger partial charge >= 0.3 is 0 Å². The third-order valence-electron chi connectivity index (χ3n) is 2.13. The topological polar surface area (TPSA) is 29.3 Å². The second-order valence-corrected chi connectivity index (χ2v) is 4.74. The standard InChI is InChI=1S/C11H16Cl2N2/c1-15(2)7-8(14)6-9-10(12)4-3-5-11(9)13/h3-5,8H,6-7,14H2,1-2H3. The van der Waals surface area contributed by atoms with E-state index in [0.717, 1.165) is 12.1 Å². The SMILES string of the molecule is CN(C)CC(N)Cc1c(Cl)cccc1Cl. The summed E-state index contributed by atoms with van der Waals surface area (Å²) in [5, 5.41) is 1.38. The van der Waals surface area contributed by atoms with E-state index in [4.69, 9.17) is 28.9 Å². The number of nitrogens with zero attached hydrogens (tertiary/aromatic N) is 1. The van der Waals surface area contributed by atoms with E-state index < -0.39 is 0 Å². The zero-order chi connectivity index (χ0) is 11.4. The molecule has 0 fully saturated rings. The summed E-state index contributed by atoms with van der Waals surface area (Å²) >= 11 is 12.1. The Morgan fingerprint density at radius 2 is 1.80 bits per heavy atom. The van der Waals surface area contributed by atoms with Crippen molar-refractivity contribution in [3.8, 4) is 0 Å². The molecule has 84 valence electrons. The smallest absolute Gasteiger partial charge is 0.0453 e. The zero-order valence-corrected chi connectivity index (χ0v) is 10.5. The molecule has 1 aromatic rings. The van der Waals surface area contributed by atoms with Crippen LogP contribution in [0.5, 0.6) is 0 Å². The highest BCUT2D eigenvalue weighted by Gasteiger charge is 2.11. The van der Waals surface area contributed by atoms with Gasteiger partial charge in [0.2, 0.25) is 0 Å². The summed E-state index contributed by atoms with van der Waals surface area (Å²) in [4.78, 5) is 2.05. The molecule has 1 unspecified atom stereocenters. The lowest BCUT2D eigenvalue weighted by Gasteiger charge is -2.18. The molecule has 2 nitrogen and oxygen atoms in total. The molecular formula is C11H16Cl2N2. The first kappa shape index (κ1) is 12.8. The molecule has 0 saturated heterocycles. The summed E-state index contributed by atoms with van der Waals surface area (Å²) in [6, 6.07) is 5.57. The monoisotopic (exact) mass is 246 g/mol. The van der Waals surface area contributed by atoms with Crippen molar-refractivity contribution in [2.45, 2.75) is 12.5 Å². The molecule has 0 aliphatic heterocycles. The second kappa shape index (κ2) is 5.71. The van der Waals surface area contributed by atoms with Gasteiger partial charge in [-0.15, -0.1) is 0 Å². The summed E-state index contributed by atoms with van der Waals surface area (Å²) in [7, 11) is 3.99. The lowest BCUT2D eigenvalue weighted by atomic mass is 10.1. The van der Waals surface area contributed by atoms with Gasteiger partial charge in [-0.05, 0) is 38.2 Å². The molecule has 0 aliphatic rings. The molecule has 4 heteroatoms. The Hall–Kier alpha value is -0.280. The summed E-state index contributed by atoms with van der Waals surface area (Å²) in [5.41, 5.74) is 6.93. The van der Waals surface area contributed by atoms with Crippen LogP contribution in [0.4, 0.5) is 0 Å². The Balaban J connectivity index is 2.71. The van der Waals surface area contributed by atoms with E-state index in [1.807, 2.05) is 32.3 Å². The number of likely N-dealkylation sites (N-methyl/N-ethyl adjacent to an activating group) is 1. The highest BCUT2D eigenvalue weighted by Crippen LogP contribution is 2.25. The Morgan fingerprint density at radius 1 is 1.27 bits per heavy atom. The maximum atomic E-state index is 6.06. The molecule has 0 heterocycles. The highest BCUT2D eigenvalue weighted by molar-refractivity contribution is 6.35. The maximum absolute atomic E-state index is 6.06. The van der Waals surface area contributed by atoms with E-state index in [-0.39, 0.29) is 6.04 Å². The van der Waals surface area contributed by atoms with Crippen molar-refractivity contribution in [2.24, 2.45) is 5.73 Å². The highest BCUT2D eigenvalue weighted by atomic mass is 35.5. The van der Waals surface area contributed by atoms with Gasteiger partial charge in [0.1, 0.15) is 0 Å². The van der Waals surface area contributed by atoms with E-state index in [1.54, 1.807) is 0 Å². The van der Waals surface area contributed by atoms with Crippen LogP contribution < -0.4 is 5.73 Å². The van der Waals surface area contributed by atoms with Gasteiger partial charge in [0, 0.05) is 22.6 Å². The van der Waals surface area contributed by atoms with Gasteiger partial charge in [-0.1, -0.05) is 29.3 Å². The Bertz CT molecular complexity index is 306. The maximum Gasteiger partial charge on any atom is 0.0453 e. The van der Waals surface area contributed by atoms with Crippen molar-refractivity contribution in [2.75, 3.05) is 20.6 Å². The van der Waals surface area contributed by atoms with Crippen molar-refractivity contribution in [3.05, 3.63) is 33.8 Å². The number of halogens is 2. The van der Waals surface area contributed by atoms with E-state index in [1.165, 1.54) is 0 Å². The van der Waals surface area contributed by atoms with E-state index in [0.29, 0.717) is 16.5 Å². The van der Waals surface area contributed by atoms with Gasteiger partial charge < -0.3 is 10.6 Å². The zero-order valence-electron chi connectivity index (χ0n) is 9.00. The van der Waals surface area contributed by atoms with Crippen molar-refractivity contribution in [1.29, 1.82) is 0 Å². The minimum absolute atomic E-state index is 0.0531. The molecule has 0 saturated carbocycles. The van der Waals surface area contributed by atoms with Gasteiger partial charge in [0.25, 0.3) is 0 Å². The molecule has 0 spiro atoms. The molecule has 0 aromatic heterocycles. The van der Waals surface area contributed by atoms with Crippen LogP contribution in [0.15, 0.2) is 18.2 Å². The number of benzene rings is 1. The first-order chi connectivity index (χ1) is 7.00. The summed E-state index contributed by atoms with van der Waals surface area (Å²) < 4.78 is 0. The average molecular weight is 247 g/mol. The van der Waals surface area contributed by atoms with Gasteiger partial charge in [0.15, 0.2) is 0 Å². The number of hydrogen-bond donors (Lipinski definition) is 1. The van der Waals surface area contributed by atoms with Gasteiger partial charge in [0.05, 0.1) is 0 Å². The fourth-order valence-electron chi connectivity index (χ4n) is 1.52. The third kappa shape index (κ3) is 3.99. The predicted molar refractivity (Wildman–Crippen MR) is 66.7 cm³/mol. The van der Waals surface area contributed by atoms with Crippen molar-refractivity contribution >= 4 is 23.2 Å². The van der Waals surface area contributed by atoms with E-state index >= 15 is 0 Å². The average Bonchev–Trinajstić information content (AvgIpc) is 2.10. The molecule has 0 bridgehead atoms. The fourth-order valence-corrected chi connectivity index (χ4v) is 2.07. The van der Waals surface area contributed by atoms with Crippen molar-refractivity contribution in [3.63, 3.8) is 0 Å². The summed E-state index contributed by atoms with van der Waals surface area (Å²) in [5.74, 6) is 0. The Kier molecular flexibility index (Phi) is 4.87. The lowest BCUT2D eigenvalue weighted by molar-refractivity contribution is 0.371. The molecule has 0 amide bonds. The molecule has 1 aromatic carbocycles. The third-order valence-corrected chi connectivity index (χ3v) is 2.84. The normalized spacial score (nSPS) is 13.2. The number of rotatable bonds is 4. The quantitative estimate of drug-likeness (QED) is 0.885. The van der Waals surface area contributed by atoms with Crippen molar-refractivity contribution in [1.82, 2.24) is 4.90 Å². The van der Waals surface area contributed by atoms with Crippen LogP contribution in [0.2, 0.25) is 10.0 Å². The van der Waals surface area contributed by atoms with E-state index in [9.17, 15) is 0 Å². The molecule has 1 rings (SSSR count). The van der Waals surface area contributed by atoms with Gasteiger partial charge in [-0.3, -0.25) is 0 Å². The molecule has 0 aliphatic carbocycles. The van der Waals surface area contributed by atoms with Gasteiger partial charge in [-0.2, -0.15) is 0 Å². The first-order valence-electron chi connectivity index (χ1n) is 4.84. The van der Waals surface area contributed by atoms with Crippen LogP contribution in [-0.2, 0) is 6.42 Å². The van der Waals surface area contributed by atoms with Crippen LogP contribution in [0.3, 0.4) is 0 Å². The van der Waals surface area contributed by atoms with Crippen molar-refractivity contribution < 1.29 is 0 Å². The molecule has 0 radical (unpaired) electrons. The molecule has 1 atom stereocenters. The van der Waals surface area contributed by atoms with Crippen LogP contribution in [0, 0.1) is 0 Å². The second-order valence-electron chi connectivity index (χ2n) is 3.93.